The van der Waals surface area contributed by atoms with E-state index in [4.69, 9.17) is 16.4 Å². The summed E-state index contributed by atoms with van der Waals surface area (Å²) in [5.74, 6) is -0.300. The van der Waals surface area contributed by atoms with E-state index < -0.39 is 6.09 Å². The van der Waals surface area contributed by atoms with Gasteiger partial charge in [-0.1, -0.05) is 23.7 Å². The average molecular weight is 393 g/mol. The van der Waals surface area contributed by atoms with Crippen LogP contribution in [0.15, 0.2) is 29.6 Å². The summed E-state index contributed by atoms with van der Waals surface area (Å²) in [4.78, 5) is 34.7. The molecule has 1 N–H and O–H groups in total. The molecular weight excluding hydrogens is 376 g/mol. The highest BCUT2D eigenvalue weighted by molar-refractivity contribution is 7.15. The molecule has 1 saturated heterocycles. The maximum absolute atomic E-state index is 13.0. The number of hydrogen-bond acceptors (Lipinski definition) is 6. The SMILES string of the molecule is CN1CCN(OC(=O)N2c3ccccc3NC(=O)c3csc(Cl)c32)CC1. The van der Waals surface area contributed by atoms with Crippen molar-refractivity contribution in [2.75, 3.05) is 43.4 Å². The number of thiophene rings is 1. The van der Waals surface area contributed by atoms with E-state index in [0.29, 0.717) is 40.1 Å². The Kier molecular flexibility index (Phi) is 4.58. The van der Waals surface area contributed by atoms with Crippen LogP contribution in [0.5, 0.6) is 0 Å². The van der Waals surface area contributed by atoms with Crippen molar-refractivity contribution in [2.45, 2.75) is 0 Å². The van der Waals surface area contributed by atoms with Crippen molar-refractivity contribution in [1.29, 1.82) is 0 Å². The minimum absolute atomic E-state index is 0.300. The number of rotatable bonds is 1. The zero-order valence-electron chi connectivity index (χ0n) is 14.1. The molecule has 9 heteroatoms. The summed E-state index contributed by atoms with van der Waals surface area (Å²) < 4.78 is 0.363. The number of nitrogens with zero attached hydrogens (tertiary/aromatic N) is 3. The highest BCUT2D eigenvalue weighted by Crippen LogP contribution is 2.45. The van der Waals surface area contributed by atoms with Crippen molar-refractivity contribution in [2.24, 2.45) is 0 Å². The van der Waals surface area contributed by atoms with Gasteiger partial charge in [0.1, 0.15) is 4.34 Å². The van der Waals surface area contributed by atoms with E-state index in [9.17, 15) is 9.59 Å². The van der Waals surface area contributed by atoms with Crippen molar-refractivity contribution >= 4 is 52.0 Å². The van der Waals surface area contributed by atoms with Gasteiger partial charge in [-0.05, 0) is 19.2 Å². The molecule has 2 amide bonds. The Bertz CT molecular complexity index is 863. The van der Waals surface area contributed by atoms with E-state index in [0.717, 1.165) is 13.1 Å². The smallest absolute Gasteiger partial charge is 0.350 e. The lowest BCUT2D eigenvalue weighted by molar-refractivity contribution is -0.117. The molecule has 1 fully saturated rings. The van der Waals surface area contributed by atoms with Gasteiger partial charge < -0.3 is 15.1 Å². The summed E-state index contributed by atoms with van der Waals surface area (Å²) in [5.41, 5.74) is 1.77. The van der Waals surface area contributed by atoms with Crippen LogP contribution in [0.2, 0.25) is 4.34 Å². The van der Waals surface area contributed by atoms with Crippen LogP contribution < -0.4 is 10.2 Å². The Labute approximate surface area is 159 Å². The number of hydroxylamine groups is 2. The van der Waals surface area contributed by atoms with Crippen molar-refractivity contribution in [3.8, 4) is 0 Å². The summed E-state index contributed by atoms with van der Waals surface area (Å²) >= 11 is 7.54. The monoisotopic (exact) mass is 392 g/mol. The van der Waals surface area contributed by atoms with Gasteiger partial charge in [0, 0.05) is 31.6 Å². The van der Waals surface area contributed by atoms with E-state index in [1.54, 1.807) is 34.7 Å². The van der Waals surface area contributed by atoms with Crippen LogP contribution in [0.1, 0.15) is 10.4 Å². The summed E-state index contributed by atoms with van der Waals surface area (Å²) in [6, 6.07) is 7.09. The number of halogens is 1. The molecule has 7 nitrogen and oxygen atoms in total. The lowest BCUT2D eigenvalue weighted by atomic mass is 10.2. The van der Waals surface area contributed by atoms with Gasteiger partial charge in [-0.15, -0.1) is 16.4 Å². The molecular formula is C17H17ClN4O3S. The number of benzene rings is 1. The van der Waals surface area contributed by atoms with E-state index in [-0.39, 0.29) is 5.91 Å². The van der Waals surface area contributed by atoms with E-state index in [1.165, 1.54) is 16.2 Å². The van der Waals surface area contributed by atoms with Gasteiger partial charge in [0.25, 0.3) is 5.91 Å². The standard InChI is InChI=1S/C17H17ClN4O3S/c1-20-6-8-21(9-7-20)25-17(24)22-13-5-3-2-4-12(13)19-16(23)11-10-26-15(18)14(11)22/h2-5,10H,6-9H2,1H3,(H,19,23). The molecule has 2 aliphatic rings. The number of likely N-dealkylation sites (N-methyl/N-ethyl adjacent to an activating group) is 1. The van der Waals surface area contributed by atoms with Crippen LogP contribution in [0.3, 0.4) is 0 Å². The molecule has 26 heavy (non-hydrogen) atoms. The van der Waals surface area contributed by atoms with Gasteiger partial charge in [-0.3, -0.25) is 4.79 Å². The summed E-state index contributed by atoms with van der Waals surface area (Å²) in [6.07, 6.45) is -0.583. The molecule has 4 rings (SSSR count). The van der Waals surface area contributed by atoms with E-state index in [2.05, 4.69) is 10.2 Å². The predicted octanol–water partition coefficient (Wildman–Crippen LogP) is 3.40. The number of fused-ring (bicyclic) bond motifs is 2. The molecule has 2 aromatic rings. The first kappa shape index (κ1) is 17.3. The van der Waals surface area contributed by atoms with Crippen LogP contribution in [0, 0.1) is 0 Å². The van der Waals surface area contributed by atoms with Gasteiger partial charge >= 0.3 is 6.09 Å². The Morgan fingerprint density at radius 3 is 2.73 bits per heavy atom. The second-order valence-corrected chi connectivity index (χ2v) is 7.65. The molecule has 0 bridgehead atoms. The number of nitrogens with one attached hydrogen (secondary N) is 1. The Hall–Kier alpha value is -2.13. The van der Waals surface area contributed by atoms with Crippen LogP contribution in [-0.2, 0) is 4.84 Å². The predicted molar refractivity (Wildman–Crippen MR) is 101 cm³/mol. The summed E-state index contributed by atoms with van der Waals surface area (Å²) in [7, 11) is 2.03. The molecule has 1 aromatic carbocycles. The van der Waals surface area contributed by atoms with Crippen molar-refractivity contribution < 1.29 is 14.4 Å². The second kappa shape index (κ2) is 6.88. The Morgan fingerprint density at radius 2 is 1.96 bits per heavy atom. The molecule has 0 atom stereocenters. The largest absolute Gasteiger partial charge is 0.438 e. The number of carbonyl (C=O) groups excluding carboxylic acids is 2. The fraction of sp³-hybridized carbons (Fsp3) is 0.294. The number of amides is 2. The number of carbonyl (C=O) groups is 2. The number of para-hydroxylation sites is 2. The van der Waals surface area contributed by atoms with Crippen LogP contribution in [0.25, 0.3) is 0 Å². The Morgan fingerprint density at radius 1 is 1.23 bits per heavy atom. The lowest BCUT2D eigenvalue weighted by Crippen LogP contribution is -2.46. The fourth-order valence-electron chi connectivity index (χ4n) is 3.00. The molecule has 0 spiro atoms. The maximum Gasteiger partial charge on any atom is 0.438 e. The van der Waals surface area contributed by atoms with Crippen molar-refractivity contribution in [3.63, 3.8) is 0 Å². The lowest BCUT2D eigenvalue weighted by Gasteiger charge is -2.32. The summed E-state index contributed by atoms with van der Waals surface area (Å²) in [5, 5.41) is 6.12. The van der Waals surface area contributed by atoms with Crippen LogP contribution in [-0.4, -0.2) is 55.2 Å². The van der Waals surface area contributed by atoms with Gasteiger partial charge in [0.05, 0.1) is 22.6 Å². The third-order valence-electron chi connectivity index (χ3n) is 4.43. The van der Waals surface area contributed by atoms with Gasteiger partial charge in [0.15, 0.2) is 0 Å². The second-order valence-electron chi connectivity index (χ2n) is 6.17. The zero-order valence-corrected chi connectivity index (χ0v) is 15.6. The normalized spacial score (nSPS) is 17.9. The van der Waals surface area contributed by atoms with E-state index >= 15 is 0 Å². The first-order valence-electron chi connectivity index (χ1n) is 8.17. The summed E-state index contributed by atoms with van der Waals surface area (Å²) in [6.45, 7) is 2.88. The maximum atomic E-state index is 13.0. The molecule has 0 radical (unpaired) electrons. The van der Waals surface area contributed by atoms with Crippen molar-refractivity contribution in [3.05, 3.63) is 39.5 Å². The molecule has 1 aromatic heterocycles. The molecule has 0 aliphatic carbocycles. The van der Waals surface area contributed by atoms with Gasteiger partial charge in [0.2, 0.25) is 0 Å². The average Bonchev–Trinajstić information content (AvgIpc) is 2.94. The van der Waals surface area contributed by atoms with Crippen LogP contribution >= 0.6 is 22.9 Å². The fourth-order valence-corrected chi connectivity index (χ4v) is 4.08. The molecule has 3 heterocycles. The quantitative estimate of drug-likeness (QED) is 0.805. The molecule has 2 aliphatic heterocycles. The van der Waals surface area contributed by atoms with Crippen molar-refractivity contribution in [1.82, 2.24) is 9.96 Å². The molecule has 0 saturated carbocycles. The van der Waals surface area contributed by atoms with Gasteiger partial charge in [-0.2, -0.15) is 0 Å². The number of hydrogen-bond donors (Lipinski definition) is 1. The highest BCUT2D eigenvalue weighted by atomic mass is 35.5. The zero-order chi connectivity index (χ0) is 18.3. The third kappa shape index (κ3) is 3.05. The van der Waals surface area contributed by atoms with E-state index in [1.807, 2.05) is 7.05 Å². The molecule has 0 unspecified atom stereocenters. The topological polar surface area (TPSA) is 65.1 Å². The Balaban J connectivity index is 1.72. The van der Waals surface area contributed by atoms with Gasteiger partial charge in [-0.25, -0.2) is 9.69 Å². The highest BCUT2D eigenvalue weighted by Gasteiger charge is 2.34. The first-order chi connectivity index (χ1) is 12.5. The molecule has 136 valence electrons. The first-order valence-corrected chi connectivity index (χ1v) is 9.43. The number of piperazine rings is 1. The minimum Gasteiger partial charge on any atom is -0.350 e. The third-order valence-corrected chi connectivity index (χ3v) is 5.64. The van der Waals surface area contributed by atoms with Crippen LogP contribution in [0.4, 0.5) is 21.9 Å². The minimum atomic E-state index is -0.583. The number of anilines is 3.